The summed E-state index contributed by atoms with van der Waals surface area (Å²) in [5.74, 6) is -2.35. The highest BCUT2D eigenvalue weighted by atomic mass is 16.4. The van der Waals surface area contributed by atoms with Gasteiger partial charge in [0.25, 0.3) is 11.8 Å². The molecule has 0 aromatic carbocycles. The highest BCUT2D eigenvalue weighted by molar-refractivity contribution is 6.31. The monoisotopic (exact) mass is 235 g/mol. The van der Waals surface area contributed by atoms with Crippen molar-refractivity contribution in [2.45, 2.75) is 6.92 Å². The highest BCUT2D eigenvalue weighted by Gasteiger charge is 2.35. The lowest BCUT2D eigenvalue weighted by Gasteiger charge is -2.15. The average Bonchev–Trinajstić information content (AvgIpc) is 2.70. The van der Waals surface area contributed by atoms with Gasteiger partial charge in [-0.1, -0.05) is 0 Å². The van der Waals surface area contributed by atoms with E-state index in [0.717, 1.165) is 11.1 Å². The number of anilines is 1. The minimum atomic E-state index is -1.24. The largest absolute Gasteiger partial charge is 0.477 e. The molecule has 1 aliphatic rings. The van der Waals surface area contributed by atoms with E-state index in [4.69, 9.17) is 5.11 Å². The Bertz CT molecular complexity index is 570. The van der Waals surface area contributed by atoms with E-state index in [9.17, 15) is 14.4 Å². The molecular formula is C10H9N3O4. The average molecular weight is 235 g/mol. The number of carboxylic acid groups (broad SMARTS) is 1. The van der Waals surface area contributed by atoms with Gasteiger partial charge in [0.2, 0.25) is 0 Å². The molecule has 1 aromatic heterocycles. The summed E-state index contributed by atoms with van der Waals surface area (Å²) in [5.41, 5.74) is 0.0878. The minimum Gasteiger partial charge on any atom is -0.477 e. The number of carboxylic acids is 1. The fourth-order valence-corrected chi connectivity index (χ4v) is 1.64. The number of rotatable bonds is 2. The summed E-state index contributed by atoms with van der Waals surface area (Å²) < 4.78 is 1.19. The normalized spacial score (nSPS) is 15.4. The molecule has 0 bridgehead atoms. The zero-order valence-corrected chi connectivity index (χ0v) is 9.17. The number of hydrogen-bond donors (Lipinski definition) is 1. The molecule has 2 amide bonds. The molecule has 1 aliphatic heterocycles. The van der Waals surface area contributed by atoms with Gasteiger partial charge < -0.3 is 5.11 Å². The summed E-state index contributed by atoms with van der Waals surface area (Å²) >= 11 is 0. The maximum absolute atomic E-state index is 11.7. The van der Waals surface area contributed by atoms with Crippen molar-refractivity contribution in [2.24, 2.45) is 7.05 Å². The summed E-state index contributed by atoms with van der Waals surface area (Å²) in [6.07, 6.45) is 2.27. The van der Waals surface area contributed by atoms with E-state index >= 15 is 0 Å². The van der Waals surface area contributed by atoms with Gasteiger partial charge in [-0.15, -0.1) is 0 Å². The van der Waals surface area contributed by atoms with E-state index in [1.54, 1.807) is 0 Å². The van der Waals surface area contributed by atoms with Gasteiger partial charge in [-0.05, 0) is 6.92 Å². The molecule has 2 heterocycles. The summed E-state index contributed by atoms with van der Waals surface area (Å²) in [6.45, 7) is 1.50. The van der Waals surface area contributed by atoms with Crippen LogP contribution in [0.25, 0.3) is 0 Å². The predicted molar refractivity (Wildman–Crippen MR) is 56.4 cm³/mol. The topological polar surface area (TPSA) is 92.5 Å². The molecule has 0 saturated carbocycles. The summed E-state index contributed by atoms with van der Waals surface area (Å²) in [6, 6.07) is 0. The van der Waals surface area contributed by atoms with Gasteiger partial charge in [0.05, 0.1) is 6.20 Å². The van der Waals surface area contributed by atoms with Crippen molar-refractivity contribution in [3.63, 3.8) is 0 Å². The van der Waals surface area contributed by atoms with Crippen LogP contribution in [-0.2, 0) is 16.6 Å². The van der Waals surface area contributed by atoms with Gasteiger partial charge in [-0.25, -0.2) is 9.69 Å². The maximum Gasteiger partial charge on any atom is 0.341 e. The molecule has 0 radical (unpaired) electrons. The van der Waals surface area contributed by atoms with E-state index in [2.05, 4.69) is 5.10 Å². The number of carbonyl (C=O) groups excluding carboxylic acids is 2. The number of amides is 2. The number of nitrogens with zero attached hydrogens (tertiary/aromatic N) is 3. The minimum absolute atomic E-state index is 0.0272. The first-order valence-corrected chi connectivity index (χ1v) is 4.75. The third-order valence-electron chi connectivity index (χ3n) is 2.45. The van der Waals surface area contributed by atoms with Crippen molar-refractivity contribution in [2.75, 3.05) is 4.90 Å². The van der Waals surface area contributed by atoms with Gasteiger partial charge in [0.1, 0.15) is 5.56 Å². The molecule has 0 atom stereocenters. The van der Waals surface area contributed by atoms with Crippen molar-refractivity contribution in [1.82, 2.24) is 9.78 Å². The third-order valence-corrected chi connectivity index (χ3v) is 2.45. The molecule has 0 aliphatic carbocycles. The molecule has 0 saturated heterocycles. The Morgan fingerprint density at radius 1 is 1.41 bits per heavy atom. The highest BCUT2D eigenvalue weighted by Crippen LogP contribution is 2.25. The van der Waals surface area contributed by atoms with Crippen molar-refractivity contribution in [3.8, 4) is 0 Å². The second kappa shape index (κ2) is 3.55. The standard InChI is InChI=1S/C10H9N3O4/c1-5-3-7(14)13(9(5)15)8-6(10(16)17)4-11-12(8)2/h3-4H,1-2H3,(H,16,17). The molecule has 0 unspecified atom stereocenters. The van der Waals surface area contributed by atoms with Crippen LogP contribution in [0, 0.1) is 0 Å². The van der Waals surface area contributed by atoms with Crippen molar-refractivity contribution in [3.05, 3.63) is 23.4 Å². The van der Waals surface area contributed by atoms with Crippen LogP contribution in [0.3, 0.4) is 0 Å². The fourth-order valence-electron chi connectivity index (χ4n) is 1.64. The van der Waals surface area contributed by atoms with Crippen LogP contribution in [0.4, 0.5) is 5.82 Å². The van der Waals surface area contributed by atoms with Crippen LogP contribution in [0.1, 0.15) is 17.3 Å². The number of hydrogen-bond acceptors (Lipinski definition) is 4. The van der Waals surface area contributed by atoms with E-state index in [1.165, 1.54) is 24.7 Å². The van der Waals surface area contributed by atoms with Crippen LogP contribution in [0.5, 0.6) is 0 Å². The van der Waals surface area contributed by atoms with Crippen LogP contribution < -0.4 is 4.90 Å². The van der Waals surface area contributed by atoms with Crippen LogP contribution >= 0.6 is 0 Å². The summed E-state index contributed by atoms with van der Waals surface area (Å²) in [5, 5.41) is 12.7. The molecule has 0 fully saturated rings. The molecule has 17 heavy (non-hydrogen) atoms. The molecule has 1 aromatic rings. The number of aromatic nitrogens is 2. The molecule has 7 nitrogen and oxygen atoms in total. The first-order valence-electron chi connectivity index (χ1n) is 4.75. The second-order valence-electron chi connectivity index (χ2n) is 3.62. The Balaban J connectivity index is 2.56. The Labute approximate surface area is 95.9 Å². The van der Waals surface area contributed by atoms with Gasteiger partial charge in [0, 0.05) is 18.7 Å². The number of imide groups is 1. The quantitative estimate of drug-likeness (QED) is 0.725. The maximum atomic E-state index is 11.7. The van der Waals surface area contributed by atoms with Crippen molar-refractivity contribution in [1.29, 1.82) is 0 Å². The molecule has 0 spiro atoms. The molecule has 7 heteroatoms. The van der Waals surface area contributed by atoms with Gasteiger partial charge >= 0.3 is 5.97 Å². The molecule has 88 valence electrons. The Hall–Kier alpha value is -2.44. The van der Waals surface area contributed by atoms with Gasteiger partial charge in [0.15, 0.2) is 5.82 Å². The Morgan fingerprint density at radius 2 is 2.06 bits per heavy atom. The van der Waals surface area contributed by atoms with Crippen molar-refractivity contribution < 1.29 is 19.5 Å². The lowest BCUT2D eigenvalue weighted by molar-refractivity contribution is -0.120. The summed E-state index contributed by atoms with van der Waals surface area (Å²) in [7, 11) is 1.47. The van der Waals surface area contributed by atoms with Crippen LogP contribution in [0.15, 0.2) is 17.8 Å². The third kappa shape index (κ3) is 1.52. The fraction of sp³-hybridized carbons (Fsp3) is 0.200. The lowest BCUT2D eigenvalue weighted by atomic mass is 10.3. The zero-order chi connectivity index (χ0) is 12.7. The van der Waals surface area contributed by atoms with E-state index in [1.807, 2.05) is 0 Å². The van der Waals surface area contributed by atoms with Gasteiger partial charge in [-0.3, -0.25) is 14.3 Å². The van der Waals surface area contributed by atoms with E-state index in [-0.39, 0.29) is 17.0 Å². The Morgan fingerprint density at radius 3 is 2.53 bits per heavy atom. The number of aromatic carboxylic acids is 1. The lowest BCUT2D eigenvalue weighted by Crippen LogP contribution is -2.33. The Kier molecular flexibility index (Phi) is 2.31. The first kappa shape index (κ1) is 11.1. The van der Waals surface area contributed by atoms with E-state index < -0.39 is 17.8 Å². The van der Waals surface area contributed by atoms with E-state index in [0.29, 0.717) is 0 Å². The zero-order valence-electron chi connectivity index (χ0n) is 9.17. The summed E-state index contributed by atoms with van der Waals surface area (Å²) in [4.78, 5) is 35.1. The smallest absolute Gasteiger partial charge is 0.341 e. The van der Waals surface area contributed by atoms with Crippen LogP contribution in [-0.4, -0.2) is 32.7 Å². The molecule has 2 rings (SSSR count). The second-order valence-corrected chi connectivity index (χ2v) is 3.62. The molecule has 1 N–H and O–H groups in total. The first-order chi connectivity index (χ1) is 7.93. The number of aryl methyl sites for hydroxylation is 1. The SMILES string of the molecule is CC1=CC(=O)N(c2c(C(=O)O)cnn2C)C1=O. The van der Waals surface area contributed by atoms with Crippen LogP contribution in [0.2, 0.25) is 0 Å². The number of carbonyl (C=O) groups is 3. The predicted octanol–water partition coefficient (Wildman–Crippen LogP) is -0.0622. The van der Waals surface area contributed by atoms with Gasteiger partial charge in [-0.2, -0.15) is 5.10 Å². The molecular weight excluding hydrogens is 226 g/mol. The van der Waals surface area contributed by atoms with Crippen molar-refractivity contribution >= 4 is 23.6 Å².